The van der Waals surface area contributed by atoms with E-state index in [-0.39, 0.29) is 18.0 Å². The average Bonchev–Trinajstić information content (AvgIpc) is 3.26. The summed E-state index contributed by atoms with van der Waals surface area (Å²) in [5.41, 5.74) is 4.14. The van der Waals surface area contributed by atoms with E-state index in [1.54, 1.807) is 34.3 Å². The smallest absolute Gasteiger partial charge is 0.243 e. The minimum absolute atomic E-state index is 0.00966. The number of benzene rings is 2. The first-order chi connectivity index (χ1) is 13.8. The molecule has 1 saturated heterocycles. The number of fused-ring (bicyclic) bond motifs is 1. The van der Waals surface area contributed by atoms with Gasteiger partial charge in [0.25, 0.3) is 0 Å². The molecule has 0 saturated carbocycles. The average molecular weight is 413 g/mol. The molecule has 2 aromatic rings. The van der Waals surface area contributed by atoms with Crippen LogP contribution in [0.2, 0.25) is 0 Å². The second kappa shape index (κ2) is 7.58. The fraction of sp³-hybridized carbons (Fsp3) is 0.435. The fourth-order valence-corrected chi connectivity index (χ4v) is 6.45. The minimum Gasteiger partial charge on any atom is -0.309 e. The predicted octanol–water partition coefficient (Wildman–Crippen LogP) is 3.69. The van der Waals surface area contributed by atoms with Gasteiger partial charge >= 0.3 is 0 Å². The Balaban J connectivity index is 1.60. The molecule has 2 unspecified atom stereocenters. The third-order valence-electron chi connectivity index (χ3n) is 6.13. The molecule has 0 N–H and O–H groups in total. The number of nitrogens with zero attached hydrogens (tertiary/aromatic N) is 2. The number of amides is 1. The molecule has 6 heteroatoms. The van der Waals surface area contributed by atoms with Gasteiger partial charge in [-0.1, -0.05) is 29.8 Å². The van der Waals surface area contributed by atoms with E-state index in [1.807, 2.05) is 6.92 Å². The largest absolute Gasteiger partial charge is 0.309 e. The normalized spacial score (nSPS) is 22.1. The molecule has 5 nitrogen and oxygen atoms in total. The van der Waals surface area contributed by atoms with Gasteiger partial charge in [-0.05, 0) is 68.9 Å². The molecule has 0 aromatic heterocycles. The molecule has 0 bridgehead atoms. The second-order valence-electron chi connectivity index (χ2n) is 8.33. The van der Waals surface area contributed by atoms with Gasteiger partial charge in [-0.2, -0.15) is 4.31 Å². The molecule has 2 atom stereocenters. The molecule has 0 spiro atoms. The van der Waals surface area contributed by atoms with E-state index < -0.39 is 10.0 Å². The molecule has 1 amide bonds. The molecule has 2 heterocycles. The van der Waals surface area contributed by atoms with Crippen LogP contribution in [0.15, 0.2) is 47.4 Å². The summed E-state index contributed by atoms with van der Waals surface area (Å²) in [4.78, 5) is 14.0. The molecular weight excluding hydrogens is 384 g/mol. The van der Waals surface area contributed by atoms with Crippen LogP contribution < -0.4 is 4.90 Å². The van der Waals surface area contributed by atoms with Crippen molar-refractivity contribution in [3.63, 3.8) is 0 Å². The number of anilines is 1. The van der Waals surface area contributed by atoms with E-state index in [9.17, 15) is 13.2 Å². The van der Waals surface area contributed by atoms with Crippen molar-refractivity contribution >= 4 is 21.6 Å². The Bertz CT molecular complexity index is 1030. The van der Waals surface area contributed by atoms with Gasteiger partial charge in [-0.25, -0.2) is 8.42 Å². The summed E-state index contributed by atoms with van der Waals surface area (Å²) < 4.78 is 28.5. The number of carbonyl (C=O) groups is 1. The Kier molecular flexibility index (Phi) is 5.25. The molecule has 154 valence electrons. The summed E-state index contributed by atoms with van der Waals surface area (Å²) >= 11 is 0. The van der Waals surface area contributed by atoms with Gasteiger partial charge in [0.05, 0.1) is 4.90 Å². The first-order valence-corrected chi connectivity index (χ1v) is 11.7. The Morgan fingerprint density at radius 3 is 2.55 bits per heavy atom. The zero-order valence-corrected chi connectivity index (χ0v) is 18.1. The van der Waals surface area contributed by atoms with Crippen molar-refractivity contribution in [2.75, 3.05) is 11.4 Å². The number of hydrogen-bond donors (Lipinski definition) is 0. The van der Waals surface area contributed by atoms with Gasteiger partial charge in [0, 0.05) is 31.2 Å². The van der Waals surface area contributed by atoms with E-state index in [4.69, 9.17) is 0 Å². The summed E-state index contributed by atoms with van der Waals surface area (Å²) in [6.07, 6.45) is 3.19. The number of rotatable bonds is 4. The summed E-state index contributed by atoms with van der Waals surface area (Å²) in [6, 6.07) is 13.6. The first kappa shape index (κ1) is 20.1. The SMILES string of the molecule is CC(=O)N1c2ccc(S(=O)(=O)N3CCCC3Cc3ccc(C)cc3)cc2CC1C. The van der Waals surface area contributed by atoms with Crippen LogP contribution in [-0.2, 0) is 27.7 Å². The molecule has 1 fully saturated rings. The van der Waals surface area contributed by atoms with Gasteiger partial charge < -0.3 is 4.90 Å². The van der Waals surface area contributed by atoms with Crippen LogP contribution in [0.3, 0.4) is 0 Å². The topological polar surface area (TPSA) is 57.7 Å². The quantitative estimate of drug-likeness (QED) is 0.770. The van der Waals surface area contributed by atoms with Crippen LogP contribution in [0.1, 0.15) is 43.4 Å². The van der Waals surface area contributed by atoms with Crippen molar-refractivity contribution in [1.29, 1.82) is 0 Å². The molecular formula is C23H28N2O3S. The first-order valence-electron chi connectivity index (χ1n) is 10.3. The number of carbonyl (C=O) groups excluding carboxylic acids is 1. The van der Waals surface area contributed by atoms with Gasteiger partial charge in [0.1, 0.15) is 0 Å². The van der Waals surface area contributed by atoms with Crippen molar-refractivity contribution < 1.29 is 13.2 Å². The second-order valence-corrected chi connectivity index (χ2v) is 10.2. The van der Waals surface area contributed by atoms with E-state index in [0.29, 0.717) is 17.9 Å². The van der Waals surface area contributed by atoms with Crippen LogP contribution in [0.5, 0.6) is 0 Å². The highest BCUT2D eigenvalue weighted by atomic mass is 32.2. The zero-order valence-electron chi connectivity index (χ0n) is 17.3. The summed E-state index contributed by atoms with van der Waals surface area (Å²) in [5.74, 6) is -0.00966. The maximum Gasteiger partial charge on any atom is 0.243 e. The van der Waals surface area contributed by atoms with Crippen molar-refractivity contribution in [2.24, 2.45) is 0 Å². The Labute approximate surface area is 173 Å². The predicted molar refractivity (Wildman–Crippen MR) is 115 cm³/mol. The maximum atomic E-state index is 13.4. The van der Waals surface area contributed by atoms with Crippen LogP contribution in [0, 0.1) is 6.92 Å². The monoisotopic (exact) mass is 412 g/mol. The lowest BCUT2D eigenvalue weighted by atomic mass is 10.0. The van der Waals surface area contributed by atoms with Crippen molar-refractivity contribution in [3.05, 3.63) is 59.2 Å². The highest BCUT2D eigenvalue weighted by molar-refractivity contribution is 7.89. The number of sulfonamides is 1. The van der Waals surface area contributed by atoms with Crippen molar-refractivity contribution in [1.82, 2.24) is 4.31 Å². The van der Waals surface area contributed by atoms with E-state index in [1.165, 1.54) is 11.1 Å². The molecule has 0 radical (unpaired) electrons. The van der Waals surface area contributed by atoms with Crippen LogP contribution >= 0.6 is 0 Å². The van der Waals surface area contributed by atoms with Crippen molar-refractivity contribution in [2.45, 2.75) is 63.4 Å². The third-order valence-corrected chi connectivity index (χ3v) is 8.08. The molecule has 0 aliphatic carbocycles. The number of hydrogen-bond acceptors (Lipinski definition) is 3. The lowest BCUT2D eigenvalue weighted by molar-refractivity contribution is -0.116. The van der Waals surface area contributed by atoms with Gasteiger partial charge in [0.15, 0.2) is 0 Å². The molecule has 2 aliphatic rings. The van der Waals surface area contributed by atoms with E-state index in [0.717, 1.165) is 30.5 Å². The van der Waals surface area contributed by atoms with Gasteiger partial charge in [0.2, 0.25) is 15.9 Å². The standard InChI is InChI=1S/C23H28N2O3S/c1-16-6-8-19(9-7-16)14-21-5-4-12-24(21)29(27,28)22-10-11-23-20(15-22)13-17(2)25(23)18(3)26/h6-11,15,17,21H,4-5,12-14H2,1-3H3. The van der Waals surface area contributed by atoms with Gasteiger partial charge in [-0.15, -0.1) is 0 Å². The van der Waals surface area contributed by atoms with E-state index >= 15 is 0 Å². The third kappa shape index (κ3) is 3.71. The highest BCUT2D eigenvalue weighted by Gasteiger charge is 2.37. The Morgan fingerprint density at radius 2 is 1.86 bits per heavy atom. The molecule has 2 aromatic carbocycles. The summed E-state index contributed by atoms with van der Waals surface area (Å²) in [5, 5.41) is 0. The fourth-order valence-electron chi connectivity index (χ4n) is 4.71. The van der Waals surface area contributed by atoms with Crippen LogP contribution in [0.4, 0.5) is 5.69 Å². The van der Waals surface area contributed by atoms with Gasteiger partial charge in [-0.3, -0.25) is 4.79 Å². The number of aryl methyl sites for hydroxylation is 1. The van der Waals surface area contributed by atoms with Crippen molar-refractivity contribution in [3.8, 4) is 0 Å². The molecule has 4 rings (SSSR count). The maximum absolute atomic E-state index is 13.4. The Hall–Kier alpha value is -2.18. The van der Waals surface area contributed by atoms with Crippen LogP contribution in [-0.4, -0.2) is 37.3 Å². The zero-order chi connectivity index (χ0) is 20.8. The van der Waals surface area contributed by atoms with E-state index in [2.05, 4.69) is 31.2 Å². The Morgan fingerprint density at radius 1 is 1.14 bits per heavy atom. The lowest BCUT2D eigenvalue weighted by Crippen LogP contribution is -2.36. The summed E-state index contributed by atoms with van der Waals surface area (Å²) in [6.45, 7) is 6.16. The van der Waals surface area contributed by atoms with Crippen LogP contribution in [0.25, 0.3) is 0 Å². The molecule has 29 heavy (non-hydrogen) atoms. The summed E-state index contributed by atoms with van der Waals surface area (Å²) in [7, 11) is -3.56. The highest BCUT2D eigenvalue weighted by Crippen LogP contribution is 2.36. The minimum atomic E-state index is -3.56. The molecule has 2 aliphatic heterocycles. The lowest BCUT2D eigenvalue weighted by Gasteiger charge is -2.25.